The highest BCUT2D eigenvalue weighted by atomic mass is 16.5. The highest BCUT2D eigenvalue weighted by molar-refractivity contribution is 6.02. The normalized spacial score (nSPS) is 13.0. The third-order valence-electron chi connectivity index (χ3n) is 3.59. The summed E-state index contributed by atoms with van der Waals surface area (Å²) in [6.45, 7) is 0.291. The molecule has 130 valence electrons. The van der Waals surface area contributed by atoms with Crippen molar-refractivity contribution in [3.05, 3.63) is 48.4 Å². The molecule has 1 aliphatic heterocycles. The molecule has 0 bridgehead atoms. The summed E-state index contributed by atoms with van der Waals surface area (Å²) in [6.07, 6.45) is 1.41. The number of hydrogen-bond acceptors (Lipinski definition) is 5. The fourth-order valence-corrected chi connectivity index (χ4v) is 2.40. The van der Waals surface area contributed by atoms with E-state index in [1.165, 1.54) is 11.2 Å². The SMILES string of the molecule is O=C(CN1C(=O)COc2ccccc21)NCCNC(=O)c1ccco1. The van der Waals surface area contributed by atoms with E-state index in [1.807, 2.05) is 0 Å². The van der Waals surface area contributed by atoms with Crippen molar-refractivity contribution in [2.45, 2.75) is 0 Å². The lowest BCUT2D eigenvalue weighted by Gasteiger charge is -2.28. The van der Waals surface area contributed by atoms with Crippen LogP contribution in [0.15, 0.2) is 47.1 Å². The van der Waals surface area contributed by atoms with Gasteiger partial charge in [-0.05, 0) is 24.3 Å². The van der Waals surface area contributed by atoms with Crippen LogP contribution in [0.25, 0.3) is 0 Å². The summed E-state index contributed by atoms with van der Waals surface area (Å²) in [6, 6.07) is 10.2. The summed E-state index contributed by atoms with van der Waals surface area (Å²) in [4.78, 5) is 37.1. The van der Waals surface area contributed by atoms with Gasteiger partial charge in [-0.3, -0.25) is 19.3 Å². The highest BCUT2D eigenvalue weighted by Crippen LogP contribution is 2.30. The van der Waals surface area contributed by atoms with Gasteiger partial charge < -0.3 is 19.8 Å². The lowest BCUT2D eigenvalue weighted by atomic mass is 10.2. The Morgan fingerprint density at radius 1 is 1.08 bits per heavy atom. The number of carbonyl (C=O) groups is 3. The van der Waals surface area contributed by atoms with Crippen LogP contribution >= 0.6 is 0 Å². The molecule has 0 atom stereocenters. The summed E-state index contributed by atoms with van der Waals surface area (Å²) in [7, 11) is 0. The molecule has 25 heavy (non-hydrogen) atoms. The molecule has 0 saturated heterocycles. The molecule has 0 spiro atoms. The average Bonchev–Trinajstić information content (AvgIpc) is 3.16. The standard InChI is InChI=1S/C17H17N3O5/c21-15(18-7-8-19-17(23)14-6-3-9-24-14)10-20-12-4-1-2-5-13(12)25-11-16(20)22/h1-6,9H,7-8,10-11H2,(H,18,21)(H,19,23). The zero-order valence-corrected chi connectivity index (χ0v) is 13.4. The molecular weight excluding hydrogens is 326 g/mol. The van der Waals surface area contributed by atoms with Crippen LogP contribution in [0, 0.1) is 0 Å². The van der Waals surface area contributed by atoms with Crippen molar-refractivity contribution in [3.63, 3.8) is 0 Å². The molecule has 1 aromatic carbocycles. The zero-order valence-electron chi connectivity index (χ0n) is 13.4. The molecule has 0 fully saturated rings. The van der Waals surface area contributed by atoms with Gasteiger partial charge in [0.2, 0.25) is 5.91 Å². The van der Waals surface area contributed by atoms with E-state index in [4.69, 9.17) is 9.15 Å². The van der Waals surface area contributed by atoms with E-state index < -0.39 is 0 Å². The first kappa shape index (κ1) is 16.6. The summed E-state index contributed by atoms with van der Waals surface area (Å²) < 4.78 is 10.3. The van der Waals surface area contributed by atoms with Gasteiger partial charge in [-0.1, -0.05) is 12.1 Å². The van der Waals surface area contributed by atoms with E-state index in [0.29, 0.717) is 11.4 Å². The third kappa shape index (κ3) is 3.97. The maximum atomic E-state index is 12.1. The first-order valence-electron chi connectivity index (χ1n) is 7.76. The third-order valence-corrected chi connectivity index (χ3v) is 3.59. The minimum Gasteiger partial charge on any atom is -0.482 e. The number of nitrogens with one attached hydrogen (secondary N) is 2. The Labute approximate surface area is 143 Å². The first-order valence-corrected chi connectivity index (χ1v) is 7.76. The number of hydrogen-bond donors (Lipinski definition) is 2. The number of anilines is 1. The van der Waals surface area contributed by atoms with E-state index in [9.17, 15) is 14.4 Å². The lowest BCUT2D eigenvalue weighted by molar-refractivity contribution is -0.125. The Kier molecular flexibility index (Phi) is 4.98. The van der Waals surface area contributed by atoms with Gasteiger partial charge in [0.25, 0.3) is 11.8 Å². The van der Waals surface area contributed by atoms with Crippen molar-refractivity contribution in [1.29, 1.82) is 0 Å². The van der Waals surface area contributed by atoms with E-state index in [2.05, 4.69) is 10.6 Å². The van der Waals surface area contributed by atoms with Crippen LogP contribution in [-0.4, -0.2) is 44.0 Å². The molecular formula is C17H17N3O5. The second-order valence-electron chi connectivity index (χ2n) is 5.32. The summed E-state index contributed by atoms with van der Waals surface area (Å²) in [5, 5.41) is 5.28. The number of ether oxygens (including phenoxy) is 1. The smallest absolute Gasteiger partial charge is 0.287 e. The van der Waals surface area contributed by atoms with Crippen LogP contribution in [0.5, 0.6) is 5.75 Å². The van der Waals surface area contributed by atoms with Gasteiger partial charge in [-0.2, -0.15) is 0 Å². The number of rotatable bonds is 6. The van der Waals surface area contributed by atoms with Gasteiger partial charge in [-0.15, -0.1) is 0 Å². The Hall–Kier alpha value is -3.29. The van der Waals surface area contributed by atoms with Crippen LogP contribution in [0.4, 0.5) is 5.69 Å². The van der Waals surface area contributed by atoms with Gasteiger partial charge in [0.05, 0.1) is 12.0 Å². The van der Waals surface area contributed by atoms with Crippen LogP contribution in [0.3, 0.4) is 0 Å². The van der Waals surface area contributed by atoms with Gasteiger partial charge in [0, 0.05) is 13.1 Å². The molecule has 2 heterocycles. The number of carbonyl (C=O) groups excluding carboxylic acids is 3. The minimum atomic E-state index is -0.350. The molecule has 8 heteroatoms. The number of para-hydroxylation sites is 2. The number of benzene rings is 1. The summed E-state index contributed by atoms with van der Waals surface area (Å²) in [5.41, 5.74) is 0.569. The van der Waals surface area contributed by atoms with Crippen molar-refractivity contribution < 1.29 is 23.5 Å². The Balaban J connectivity index is 1.46. The number of fused-ring (bicyclic) bond motifs is 1. The second-order valence-corrected chi connectivity index (χ2v) is 5.32. The van der Waals surface area contributed by atoms with Crippen LogP contribution in [0.1, 0.15) is 10.6 Å². The Bertz CT molecular complexity index is 772. The predicted molar refractivity (Wildman–Crippen MR) is 88.3 cm³/mol. The van der Waals surface area contributed by atoms with E-state index in [-0.39, 0.29) is 49.7 Å². The second kappa shape index (κ2) is 7.52. The Morgan fingerprint density at radius 2 is 1.88 bits per heavy atom. The Morgan fingerprint density at radius 3 is 2.68 bits per heavy atom. The van der Waals surface area contributed by atoms with Crippen LogP contribution in [-0.2, 0) is 9.59 Å². The number of nitrogens with zero attached hydrogens (tertiary/aromatic N) is 1. The van der Waals surface area contributed by atoms with Crippen LogP contribution < -0.4 is 20.3 Å². The largest absolute Gasteiger partial charge is 0.482 e. The zero-order chi connectivity index (χ0) is 17.6. The maximum absolute atomic E-state index is 12.1. The lowest BCUT2D eigenvalue weighted by Crippen LogP contribution is -2.46. The molecule has 0 radical (unpaired) electrons. The van der Waals surface area contributed by atoms with E-state index >= 15 is 0 Å². The monoisotopic (exact) mass is 343 g/mol. The first-order chi connectivity index (χ1) is 12.1. The molecule has 3 rings (SSSR count). The van der Waals surface area contributed by atoms with Crippen molar-refractivity contribution in [2.24, 2.45) is 0 Å². The fraction of sp³-hybridized carbons (Fsp3) is 0.235. The molecule has 1 aliphatic rings. The van der Waals surface area contributed by atoms with Crippen molar-refractivity contribution in [1.82, 2.24) is 10.6 Å². The van der Waals surface area contributed by atoms with Crippen LogP contribution in [0.2, 0.25) is 0 Å². The average molecular weight is 343 g/mol. The maximum Gasteiger partial charge on any atom is 0.287 e. The van der Waals surface area contributed by atoms with Gasteiger partial charge in [0.1, 0.15) is 12.3 Å². The molecule has 0 aliphatic carbocycles. The van der Waals surface area contributed by atoms with Crippen molar-refractivity contribution >= 4 is 23.4 Å². The summed E-state index contributed by atoms with van der Waals surface area (Å²) in [5.74, 6) is -0.170. The quantitative estimate of drug-likeness (QED) is 0.746. The number of amides is 3. The minimum absolute atomic E-state index is 0.0938. The molecule has 0 saturated carbocycles. The topological polar surface area (TPSA) is 101 Å². The molecule has 0 unspecified atom stereocenters. The van der Waals surface area contributed by atoms with Crippen molar-refractivity contribution in [3.8, 4) is 5.75 Å². The summed E-state index contributed by atoms with van der Waals surface area (Å²) >= 11 is 0. The molecule has 3 amide bonds. The van der Waals surface area contributed by atoms with E-state index in [1.54, 1.807) is 36.4 Å². The van der Waals surface area contributed by atoms with E-state index in [0.717, 1.165) is 0 Å². The predicted octanol–water partition coefficient (Wildman–Crippen LogP) is 0.551. The molecule has 2 N–H and O–H groups in total. The molecule has 2 aromatic rings. The van der Waals surface area contributed by atoms with Gasteiger partial charge in [-0.25, -0.2) is 0 Å². The highest BCUT2D eigenvalue weighted by Gasteiger charge is 2.26. The molecule has 8 nitrogen and oxygen atoms in total. The van der Waals surface area contributed by atoms with Gasteiger partial charge in [0.15, 0.2) is 12.4 Å². The number of furan rings is 1. The fourth-order valence-electron chi connectivity index (χ4n) is 2.40. The van der Waals surface area contributed by atoms with Gasteiger partial charge >= 0.3 is 0 Å². The van der Waals surface area contributed by atoms with Crippen molar-refractivity contribution in [2.75, 3.05) is 31.1 Å². The molecule has 1 aromatic heterocycles.